The minimum Gasteiger partial charge on any atom is -0.493 e. The van der Waals surface area contributed by atoms with E-state index in [9.17, 15) is 26.4 Å². The number of sulfonamides is 1. The molecule has 0 saturated heterocycles. The van der Waals surface area contributed by atoms with E-state index in [1.807, 2.05) is 0 Å². The molecule has 0 spiro atoms. The molecule has 1 unspecified atom stereocenters. The summed E-state index contributed by atoms with van der Waals surface area (Å²) in [4.78, 5) is 13.1. The lowest BCUT2D eigenvalue weighted by Crippen LogP contribution is -2.61. The quantitative estimate of drug-likeness (QED) is 0.211. The lowest BCUT2D eigenvalue weighted by Gasteiger charge is -2.46. The fourth-order valence-electron chi connectivity index (χ4n) is 5.10. The third kappa shape index (κ3) is 6.87. The number of ether oxygens (including phenoxy) is 1. The maximum absolute atomic E-state index is 15.5. The Morgan fingerprint density at radius 3 is 2.17 bits per heavy atom. The molecule has 0 bridgehead atoms. The van der Waals surface area contributed by atoms with Gasteiger partial charge in [-0.15, -0.1) is 0 Å². The van der Waals surface area contributed by atoms with Gasteiger partial charge >= 0.3 is 12.4 Å². The van der Waals surface area contributed by atoms with Gasteiger partial charge in [0.2, 0.25) is 10.0 Å². The standard InChI is InChI=1S/C28H28F7NO4S/c1-41(38,39)36-25(37)15-21(20-9-7-19(8-10-20)18-5-6-18)17-26(36,28(33,34)35)23-12-11-22(16-24(23)29)40-14-4-2-3-13-27(30,31)32/h7-12,15-16,18H,2-6,13-14,17H2,1H3. The van der Waals surface area contributed by atoms with Crippen LogP contribution < -0.4 is 4.74 Å². The summed E-state index contributed by atoms with van der Waals surface area (Å²) >= 11 is 0. The van der Waals surface area contributed by atoms with Crippen LogP contribution in [0.15, 0.2) is 48.5 Å². The molecule has 1 saturated carbocycles. The summed E-state index contributed by atoms with van der Waals surface area (Å²) in [5.41, 5.74) is -3.50. The molecule has 0 N–H and O–H groups in total. The summed E-state index contributed by atoms with van der Waals surface area (Å²) in [6.45, 7) is -0.112. The number of alkyl halides is 6. The third-order valence-electron chi connectivity index (χ3n) is 7.18. The molecule has 1 aliphatic heterocycles. The molecule has 13 heteroatoms. The molecule has 1 atom stereocenters. The van der Waals surface area contributed by atoms with E-state index >= 15 is 17.6 Å². The Balaban J connectivity index is 1.66. The van der Waals surface area contributed by atoms with Gasteiger partial charge in [-0.25, -0.2) is 17.1 Å². The van der Waals surface area contributed by atoms with E-state index in [-0.39, 0.29) is 47.1 Å². The number of carbonyl (C=O) groups excluding carboxylic acids is 1. The van der Waals surface area contributed by atoms with E-state index in [1.54, 1.807) is 24.3 Å². The predicted molar refractivity (Wildman–Crippen MR) is 137 cm³/mol. The molecule has 2 aromatic carbocycles. The van der Waals surface area contributed by atoms with E-state index in [0.717, 1.165) is 36.6 Å². The van der Waals surface area contributed by atoms with Crippen LogP contribution in [0.5, 0.6) is 5.75 Å². The van der Waals surface area contributed by atoms with Crippen molar-refractivity contribution in [2.75, 3.05) is 12.9 Å². The molecule has 0 aromatic heterocycles. The van der Waals surface area contributed by atoms with Gasteiger partial charge in [0.1, 0.15) is 11.6 Å². The zero-order valence-corrected chi connectivity index (χ0v) is 22.8. The second-order valence-electron chi connectivity index (χ2n) is 10.4. The van der Waals surface area contributed by atoms with Crippen LogP contribution in [0, 0.1) is 5.82 Å². The Labute approximate surface area is 233 Å². The first-order valence-corrected chi connectivity index (χ1v) is 14.8. The smallest absolute Gasteiger partial charge is 0.417 e. The summed E-state index contributed by atoms with van der Waals surface area (Å²) in [6.07, 6.45) is -8.26. The zero-order valence-electron chi connectivity index (χ0n) is 22.0. The van der Waals surface area contributed by atoms with Crippen molar-refractivity contribution in [2.24, 2.45) is 0 Å². The molecule has 2 aromatic rings. The molecule has 224 valence electrons. The molecule has 1 heterocycles. The molecule has 5 nitrogen and oxygen atoms in total. The van der Waals surface area contributed by atoms with Crippen LogP contribution in [0.3, 0.4) is 0 Å². The Hall–Kier alpha value is -3.09. The van der Waals surface area contributed by atoms with Crippen LogP contribution in [0.25, 0.3) is 5.57 Å². The van der Waals surface area contributed by atoms with Crippen molar-refractivity contribution in [3.05, 3.63) is 71.0 Å². The van der Waals surface area contributed by atoms with Gasteiger partial charge in [0.05, 0.1) is 12.9 Å². The lowest BCUT2D eigenvalue weighted by molar-refractivity contribution is -0.222. The second-order valence-corrected chi connectivity index (χ2v) is 12.2. The number of unbranched alkanes of at least 4 members (excludes halogenated alkanes) is 2. The van der Waals surface area contributed by atoms with Crippen molar-refractivity contribution in [1.82, 2.24) is 4.31 Å². The molecular formula is C28H28F7NO4S. The Morgan fingerprint density at radius 1 is 0.976 bits per heavy atom. The summed E-state index contributed by atoms with van der Waals surface area (Å²) in [7, 11) is -4.85. The monoisotopic (exact) mass is 607 g/mol. The van der Waals surface area contributed by atoms with Gasteiger partial charge in [0.15, 0.2) is 5.54 Å². The molecule has 1 fully saturated rings. The van der Waals surface area contributed by atoms with Gasteiger partial charge < -0.3 is 4.74 Å². The van der Waals surface area contributed by atoms with Gasteiger partial charge in [-0.2, -0.15) is 26.3 Å². The summed E-state index contributed by atoms with van der Waals surface area (Å²) in [5.74, 6) is -2.74. The average molecular weight is 608 g/mol. The van der Waals surface area contributed by atoms with Crippen molar-refractivity contribution < 1.29 is 48.7 Å². The molecule has 2 aliphatic rings. The van der Waals surface area contributed by atoms with Gasteiger partial charge in [-0.1, -0.05) is 24.3 Å². The molecule has 1 aliphatic carbocycles. The van der Waals surface area contributed by atoms with Crippen molar-refractivity contribution in [3.8, 4) is 5.75 Å². The first-order chi connectivity index (χ1) is 19.0. The SMILES string of the molecule is CS(=O)(=O)N1C(=O)C=C(c2ccc(C3CC3)cc2)CC1(c1ccc(OCCCCCC(F)(F)F)cc1F)C(F)(F)F. The van der Waals surface area contributed by atoms with Crippen molar-refractivity contribution >= 4 is 21.5 Å². The molecule has 0 radical (unpaired) electrons. The highest BCUT2D eigenvalue weighted by atomic mass is 32.2. The van der Waals surface area contributed by atoms with E-state index in [0.29, 0.717) is 18.2 Å². The normalized spacial score (nSPS) is 20.2. The van der Waals surface area contributed by atoms with Crippen LogP contribution in [0.1, 0.15) is 67.6 Å². The number of nitrogens with zero attached hydrogens (tertiary/aromatic N) is 1. The minimum absolute atomic E-state index is 0.104. The number of carbonyl (C=O) groups is 1. The average Bonchev–Trinajstić information content (AvgIpc) is 3.69. The van der Waals surface area contributed by atoms with Crippen molar-refractivity contribution in [2.45, 2.75) is 68.8 Å². The highest BCUT2D eigenvalue weighted by Crippen LogP contribution is 2.53. The summed E-state index contributed by atoms with van der Waals surface area (Å²) in [6, 6.07) is 8.99. The van der Waals surface area contributed by atoms with Gasteiger partial charge in [-0.05, 0) is 66.9 Å². The van der Waals surface area contributed by atoms with Crippen LogP contribution in [0.4, 0.5) is 30.7 Å². The van der Waals surface area contributed by atoms with Gasteiger partial charge in [-0.3, -0.25) is 4.79 Å². The van der Waals surface area contributed by atoms with Gasteiger partial charge in [0, 0.05) is 30.5 Å². The third-order valence-corrected chi connectivity index (χ3v) is 8.34. The summed E-state index contributed by atoms with van der Waals surface area (Å²) in [5, 5.41) is 0. The Morgan fingerprint density at radius 2 is 1.63 bits per heavy atom. The molecule has 1 amide bonds. The van der Waals surface area contributed by atoms with Crippen molar-refractivity contribution in [3.63, 3.8) is 0 Å². The fourth-order valence-corrected chi connectivity index (χ4v) is 6.31. The lowest BCUT2D eigenvalue weighted by atomic mass is 9.78. The Bertz CT molecular complexity index is 1410. The van der Waals surface area contributed by atoms with Crippen LogP contribution in [-0.4, -0.2) is 43.8 Å². The van der Waals surface area contributed by atoms with E-state index in [1.165, 1.54) is 0 Å². The molecular weight excluding hydrogens is 579 g/mol. The highest BCUT2D eigenvalue weighted by molar-refractivity contribution is 7.89. The number of hydrogen-bond acceptors (Lipinski definition) is 4. The first-order valence-electron chi connectivity index (χ1n) is 12.9. The highest BCUT2D eigenvalue weighted by Gasteiger charge is 2.66. The van der Waals surface area contributed by atoms with E-state index < -0.39 is 58.0 Å². The Kier molecular flexibility index (Phi) is 8.50. The minimum atomic E-state index is -5.43. The largest absolute Gasteiger partial charge is 0.493 e. The van der Waals surface area contributed by atoms with E-state index in [2.05, 4.69) is 0 Å². The maximum Gasteiger partial charge on any atom is 0.417 e. The zero-order chi connectivity index (χ0) is 30.2. The number of halogens is 7. The summed E-state index contributed by atoms with van der Waals surface area (Å²) < 4.78 is 128. The fraction of sp³-hybridized carbons (Fsp3) is 0.464. The molecule has 4 rings (SSSR count). The number of benzene rings is 2. The first kappa shape index (κ1) is 30.9. The number of amides is 1. The number of hydrogen-bond donors (Lipinski definition) is 0. The van der Waals surface area contributed by atoms with E-state index in [4.69, 9.17) is 4.74 Å². The molecule has 41 heavy (non-hydrogen) atoms. The van der Waals surface area contributed by atoms with Gasteiger partial charge in [0.25, 0.3) is 5.91 Å². The second kappa shape index (κ2) is 11.3. The van der Waals surface area contributed by atoms with Crippen LogP contribution in [-0.2, 0) is 20.4 Å². The maximum atomic E-state index is 15.5. The van der Waals surface area contributed by atoms with Crippen molar-refractivity contribution in [1.29, 1.82) is 0 Å². The topological polar surface area (TPSA) is 63.7 Å². The number of rotatable bonds is 10. The van der Waals surface area contributed by atoms with Crippen LogP contribution >= 0.6 is 0 Å². The predicted octanol–water partition coefficient (Wildman–Crippen LogP) is 7.24. The van der Waals surface area contributed by atoms with Crippen LogP contribution in [0.2, 0.25) is 0 Å².